The van der Waals surface area contributed by atoms with Gasteiger partial charge in [0.25, 0.3) is 0 Å². The second kappa shape index (κ2) is 7.38. The Kier molecular flexibility index (Phi) is 5.44. The van der Waals surface area contributed by atoms with Crippen molar-refractivity contribution in [2.75, 3.05) is 0 Å². The Balaban J connectivity index is 1.61. The highest BCUT2D eigenvalue weighted by Gasteiger charge is 2.32. The van der Waals surface area contributed by atoms with Crippen LogP contribution in [0.15, 0.2) is 45.9 Å². The maximum atomic E-state index is 4.82. The van der Waals surface area contributed by atoms with E-state index in [4.69, 9.17) is 4.99 Å². The van der Waals surface area contributed by atoms with Gasteiger partial charge >= 0.3 is 0 Å². The summed E-state index contributed by atoms with van der Waals surface area (Å²) in [5.41, 5.74) is 5.36. The Labute approximate surface area is 170 Å². The van der Waals surface area contributed by atoms with Crippen LogP contribution in [0.2, 0.25) is 0 Å². The van der Waals surface area contributed by atoms with Crippen LogP contribution in [0.3, 0.4) is 0 Å². The minimum Gasteiger partial charge on any atom is -0.269 e. The topological polar surface area (TPSA) is 50.5 Å². The highest BCUT2D eigenvalue weighted by molar-refractivity contribution is 5.94. The van der Waals surface area contributed by atoms with E-state index in [1.165, 1.54) is 22.4 Å². The molecule has 0 atom stereocenters. The monoisotopic (exact) mass is 378 g/mol. The molecule has 3 heterocycles. The lowest BCUT2D eigenvalue weighted by Crippen LogP contribution is -2.27. The van der Waals surface area contributed by atoms with Gasteiger partial charge < -0.3 is 0 Å². The van der Waals surface area contributed by atoms with Gasteiger partial charge in [0.15, 0.2) is 0 Å². The molecule has 0 spiro atoms. The Morgan fingerprint density at radius 3 is 2.11 bits per heavy atom. The van der Waals surface area contributed by atoms with Gasteiger partial charge in [-0.05, 0) is 35.0 Å². The molecule has 3 rings (SSSR count). The van der Waals surface area contributed by atoms with Gasteiger partial charge in [-0.15, -0.1) is 0 Å². The van der Waals surface area contributed by atoms with Crippen molar-refractivity contribution in [2.24, 2.45) is 20.8 Å². The summed E-state index contributed by atoms with van der Waals surface area (Å²) in [5, 5.41) is 0. The minimum atomic E-state index is -0.0188. The van der Waals surface area contributed by atoms with E-state index in [1.807, 2.05) is 24.8 Å². The summed E-state index contributed by atoms with van der Waals surface area (Å²) >= 11 is 0. The van der Waals surface area contributed by atoms with E-state index in [1.54, 1.807) is 0 Å². The van der Waals surface area contributed by atoms with Gasteiger partial charge in [-0.1, -0.05) is 48.5 Å². The Hall–Kier alpha value is -2.10. The van der Waals surface area contributed by atoms with Crippen LogP contribution in [0.4, 0.5) is 0 Å². The lowest BCUT2D eigenvalue weighted by Gasteiger charge is -2.28. The van der Waals surface area contributed by atoms with E-state index in [0.29, 0.717) is 0 Å². The minimum absolute atomic E-state index is 0.00919. The second-order valence-corrected chi connectivity index (χ2v) is 10.5. The molecule has 1 aromatic rings. The largest absolute Gasteiger partial charge is 0.269 e. The number of rotatable bonds is 6. The lowest BCUT2D eigenvalue weighted by molar-refractivity contribution is 0.434. The van der Waals surface area contributed by atoms with Crippen molar-refractivity contribution in [2.45, 2.75) is 79.6 Å². The number of aliphatic imine (C=N–C) groups is 2. The van der Waals surface area contributed by atoms with E-state index < -0.39 is 0 Å². The number of nitrogens with zero attached hydrogens (tertiary/aromatic N) is 4. The fraction of sp³-hybridized carbons (Fsp3) is 0.583. The summed E-state index contributed by atoms with van der Waals surface area (Å²) in [6.07, 6.45) is 14.0. The summed E-state index contributed by atoms with van der Waals surface area (Å²) in [6, 6.07) is 0. The van der Waals surface area contributed by atoms with Crippen molar-refractivity contribution in [3.8, 4) is 0 Å². The van der Waals surface area contributed by atoms with E-state index in [0.717, 1.165) is 31.5 Å². The van der Waals surface area contributed by atoms with Crippen molar-refractivity contribution >= 4 is 11.9 Å². The van der Waals surface area contributed by atoms with Gasteiger partial charge in [-0.3, -0.25) is 9.98 Å². The van der Waals surface area contributed by atoms with Gasteiger partial charge in [0, 0.05) is 60.4 Å². The van der Waals surface area contributed by atoms with Crippen LogP contribution in [0, 0.1) is 10.8 Å². The SMILES string of the molecule is CC(C)(CC1=CN=C(C(C)(C)Cc2cnc(C(C)(C)C)nc2)C1)C1=CN=CC1. The molecule has 0 bridgehead atoms. The molecule has 0 unspecified atom stereocenters. The highest BCUT2D eigenvalue weighted by atomic mass is 14.9. The van der Waals surface area contributed by atoms with Gasteiger partial charge in [-0.25, -0.2) is 9.97 Å². The number of hydrogen-bond acceptors (Lipinski definition) is 4. The maximum Gasteiger partial charge on any atom is 0.133 e. The molecular weight excluding hydrogens is 344 g/mol. The Morgan fingerprint density at radius 1 is 0.857 bits per heavy atom. The van der Waals surface area contributed by atoms with Crippen LogP contribution in [-0.2, 0) is 11.8 Å². The zero-order valence-electron chi connectivity index (χ0n) is 18.5. The van der Waals surface area contributed by atoms with E-state index in [9.17, 15) is 0 Å². The molecule has 0 saturated carbocycles. The third kappa shape index (κ3) is 4.65. The van der Waals surface area contributed by atoms with Crippen molar-refractivity contribution in [1.29, 1.82) is 0 Å². The predicted molar refractivity (Wildman–Crippen MR) is 118 cm³/mol. The van der Waals surface area contributed by atoms with E-state index in [-0.39, 0.29) is 16.2 Å². The molecule has 2 aliphatic heterocycles. The molecule has 0 amide bonds. The fourth-order valence-electron chi connectivity index (χ4n) is 3.92. The standard InChI is InChI=1S/C24H34N4/c1-22(2,3)21-27-14-18(15-28-21)12-24(6,7)20-10-17(13-26-20)11-23(4,5)19-8-9-25-16-19/h9,13-16H,8,10-12H2,1-7H3. The first-order valence-corrected chi connectivity index (χ1v) is 10.2. The molecule has 4 nitrogen and oxygen atoms in total. The van der Waals surface area contributed by atoms with Crippen LogP contribution < -0.4 is 0 Å². The van der Waals surface area contributed by atoms with Crippen LogP contribution >= 0.6 is 0 Å². The van der Waals surface area contributed by atoms with Gasteiger partial charge in [0.05, 0.1) is 0 Å². The molecule has 0 saturated heterocycles. The average molecular weight is 379 g/mol. The second-order valence-electron chi connectivity index (χ2n) is 10.5. The molecule has 150 valence electrons. The first-order chi connectivity index (χ1) is 13.0. The van der Waals surface area contributed by atoms with Gasteiger partial charge in [0.1, 0.15) is 5.82 Å². The van der Waals surface area contributed by atoms with Gasteiger partial charge in [0.2, 0.25) is 0 Å². The van der Waals surface area contributed by atoms with Crippen molar-refractivity contribution in [3.05, 3.63) is 47.3 Å². The first kappa shape index (κ1) is 20.6. The summed E-state index contributed by atoms with van der Waals surface area (Å²) < 4.78 is 0. The molecule has 0 radical (unpaired) electrons. The van der Waals surface area contributed by atoms with Crippen LogP contribution in [0.1, 0.15) is 79.1 Å². The maximum absolute atomic E-state index is 4.82. The Bertz CT molecular complexity index is 844. The van der Waals surface area contributed by atoms with Crippen LogP contribution in [0.25, 0.3) is 0 Å². The first-order valence-electron chi connectivity index (χ1n) is 10.2. The summed E-state index contributed by atoms with van der Waals surface area (Å²) in [4.78, 5) is 18.3. The molecule has 1 aromatic heterocycles. The van der Waals surface area contributed by atoms with Crippen molar-refractivity contribution < 1.29 is 0 Å². The zero-order chi connectivity index (χ0) is 20.6. The molecular formula is C24H34N4. The zero-order valence-corrected chi connectivity index (χ0v) is 18.5. The molecule has 2 aliphatic rings. The smallest absolute Gasteiger partial charge is 0.133 e. The molecule has 28 heavy (non-hydrogen) atoms. The molecule has 0 aliphatic carbocycles. The van der Waals surface area contributed by atoms with Crippen LogP contribution in [-0.4, -0.2) is 21.9 Å². The Morgan fingerprint density at radius 2 is 1.54 bits per heavy atom. The molecule has 0 N–H and O–H groups in total. The molecule has 0 aromatic carbocycles. The quantitative estimate of drug-likeness (QED) is 0.624. The summed E-state index contributed by atoms with van der Waals surface area (Å²) in [5.74, 6) is 0.892. The molecule has 0 fully saturated rings. The third-order valence-corrected chi connectivity index (χ3v) is 5.79. The molecule has 4 heteroatoms. The summed E-state index contributed by atoms with van der Waals surface area (Å²) in [7, 11) is 0. The third-order valence-electron chi connectivity index (χ3n) is 5.79. The fourth-order valence-corrected chi connectivity index (χ4v) is 3.92. The predicted octanol–water partition coefficient (Wildman–Crippen LogP) is 5.85. The number of aromatic nitrogens is 2. The normalized spacial score (nSPS) is 17.6. The van der Waals surface area contributed by atoms with E-state index >= 15 is 0 Å². The van der Waals surface area contributed by atoms with Crippen LogP contribution in [0.5, 0.6) is 0 Å². The van der Waals surface area contributed by atoms with Crippen molar-refractivity contribution in [1.82, 2.24) is 9.97 Å². The highest BCUT2D eigenvalue weighted by Crippen LogP contribution is 2.40. The average Bonchev–Trinajstić information content (AvgIpc) is 3.26. The van der Waals surface area contributed by atoms with E-state index in [2.05, 4.69) is 69.6 Å². The number of allylic oxidation sites excluding steroid dienone is 2. The lowest BCUT2D eigenvalue weighted by atomic mass is 9.75. The number of hydrogen-bond donors (Lipinski definition) is 0. The van der Waals surface area contributed by atoms with Gasteiger partial charge in [-0.2, -0.15) is 0 Å². The summed E-state index contributed by atoms with van der Waals surface area (Å²) in [6.45, 7) is 15.6. The van der Waals surface area contributed by atoms with Crippen molar-refractivity contribution in [3.63, 3.8) is 0 Å².